The van der Waals surface area contributed by atoms with Crippen molar-refractivity contribution in [2.45, 2.75) is 29.9 Å². The minimum atomic E-state index is -0.859. The second-order valence-corrected chi connectivity index (χ2v) is 5.09. The number of benzene rings is 1. The third-order valence-corrected chi connectivity index (χ3v) is 3.81. The number of hydrogen-bond acceptors (Lipinski definition) is 4. The Hall–Kier alpha value is -1.20. The third-order valence-electron chi connectivity index (χ3n) is 3.01. The molecule has 98 valence electrons. The number of nitrogens with one attached hydrogen (secondary N) is 1. The number of thioether (sulfide) groups is 1. The molecule has 1 saturated heterocycles. The van der Waals surface area contributed by atoms with Crippen LogP contribution < -0.4 is 5.32 Å². The van der Waals surface area contributed by atoms with Gasteiger partial charge in [-0.3, -0.25) is 0 Å². The monoisotopic (exact) mass is 267 g/mol. The van der Waals surface area contributed by atoms with Crippen LogP contribution in [0.1, 0.15) is 12.8 Å². The molecular weight excluding hydrogens is 250 g/mol. The molecule has 5 heteroatoms. The van der Waals surface area contributed by atoms with E-state index in [4.69, 9.17) is 9.84 Å². The number of carboxylic acids is 1. The molecule has 0 aromatic heterocycles. The van der Waals surface area contributed by atoms with Crippen molar-refractivity contribution in [1.82, 2.24) is 0 Å². The average Bonchev–Trinajstić information content (AvgIpc) is 2.85. The summed E-state index contributed by atoms with van der Waals surface area (Å²) in [7, 11) is 0. The number of carbonyl (C=O) groups is 1. The van der Waals surface area contributed by atoms with Crippen molar-refractivity contribution in [3.63, 3.8) is 0 Å². The molecule has 2 N–H and O–H groups in total. The van der Waals surface area contributed by atoms with Gasteiger partial charge in [-0.1, -0.05) is 12.1 Å². The first-order chi connectivity index (χ1) is 8.70. The van der Waals surface area contributed by atoms with Gasteiger partial charge in [-0.25, -0.2) is 4.79 Å². The van der Waals surface area contributed by atoms with Gasteiger partial charge in [-0.15, -0.1) is 11.8 Å². The van der Waals surface area contributed by atoms with E-state index in [1.807, 2.05) is 24.5 Å². The van der Waals surface area contributed by atoms with E-state index in [1.165, 1.54) is 4.90 Å². The van der Waals surface area contributed by atoms with Crippen molar-refractivity contribution < 1.29 is 14.6 Å². The highest BCUT2D eigenvalue weighted by molar-refractivity contribution is 7.98. The zero-order valence-electron chi connectivity index (χ0n) is 10.3. The van der Waals surface area contributed by atoms with Gasteiger partial charge in [-0.05, 0) is 31.2 Å². The van der Waals surface area contributed by atoms with Gasteiger partial charge in [0.2, 0.25) is 0 Å². The molecule has 18 heavy (non-hydrogen) atoms. The van der Waals surface area contributed by atoms with E-state index in [-0.39, 0.29) is 6.10 Å². The Kier molecular flexibility index (Phi) is 4.49. The maximum absolute atomic E-state index is 10.8. The van der Waals surface area contributed by atoms with Crippen molar-refractivity contribution in [3.8, 4) is 0 Å². The predicted octanol–water partition coefficient (Wildman–Crippen LogP) is 2.45. The summed E-state index contributed by atoms with van der Waals surface area (Å²) in [6.45, 7) is 0.654. The van der Waals surface area contributed by atoms with Crippen molar-refractivity contribution >= 4 is 23.4 Å². The molecule has 1 aliphatic heterocycles. The second-order valence-electron chi connectivity index (χ2n) is 4.24. The van der Waals surface area contributed by atoms with E-state index >= 15 is 0 Å². The number of rotatable bonds is 5. The van der Waals surface area contributed by atoms with E-state index in [9.17, 15) is 4.79 Å². The van der Waals surface area contributed by atoms with Crippen LogP contribution in [0.2, 0.25) is 0 Å². The molecule has 0 saturated carbocycles. The third kappa shape index (κ3) is 3.17. The predicted molar refractivity (Wildman–Crippen MR) is 72.2 cm³/mol. The summed E-state index contributed by atoms with van der Waals surface area (Å²) in [6.07, 6.45) is 2.79. The molecule has 1 heterocycles. The fourth-order valence-corrected chi connectivity index (χ4v) is 2.63. The van der Waals surface area contributed by atoms with Gasteiger partial charge >= 0.3 is 5.97 Å². The molecular formula is C13H17NO3S. The molecule has 0 aliphatic carbocycles. The molecule has 4 nitrogen and oxygen atoms in total. The summed E-state index contributed by atoms with van der Waals surface area (Å²) in [4.78, 5) is 12.0. The Bertz CT molecular complexity index is 424. The normalized spacial score (nSPS) is 22.9. The Morgan fingerprint density at radius 3 is 2.94 bits per heavy atom. The smallest absolute Gasteiger partial charge is 0.332 e. The quantitative estimate of drug-likeness (QED) is 0.803. The summed E-state index contributed by atoms with van der Waals surface area (Å²) in [5, 5.41) is 12.2. The van der Waals surface area contributed by atoms with Gasteiger partial charge < -0.3 is 15.2 Å². The first kappa shape index (κ1) is 13.2. The van der Waals surface area contributed by atoms with Gasteiger partial charge in [0.05, 0.1) is 6.10 Å². The molecule has 2 rings (SSSR count). The lowest BCUT2D eigenvalue weighted by molar-refractivity contribution is -0.149. The lowest BCUT2D eigenvalue weighted by Crippen LogP contribution is -2.24. The SMILES string of the molecule is CSc1ccccc1NCC1CCC(C(=O)O)O1. The highest BCUT2D eigenvalue weighted by Crippen LogP contribution is 2.26. The summed E-state index contributed by atoms with van der Waals surface area (Å²) >= 11 is 1.69. The van der Waals surface area contributed by atoms with E-state index in [1.54, 1.807) is 11.8 Å². The summed E-state index contributed by atoms with van der Waals surface area (Å²) < 4.78 is 5.45. The molecule has 0 spiro atoms. The largest absolute Gasteiger partial charge is 0.479 e. The zero-order valence-corrected chi connectivity index (χ0v) is 11.1. The lowest BCUT2D eigenvalue weighted by Gasteiger charge is -2.15. The zero-order chi connectivity index (χ0) is 13.0. The number of para-hydroxylation sites is 1. The first-order valence-electron chi connectivity index (χ1n) is 5.96. The summed E-state index contributed by atoms with van der Waals surface area (Å²) in [6, 6.07) is 8.07. The standard InChI is InChI=1S/C13H17NO3S/c1-18-12-5-3-2-4-10(12)14-8-9-6-7-11(17-9)13(15)16/h2-5,9,11,14H,6-8H2,1H3,(H,15,16). The Labute approximate surface area is 111 Å². The number of aliphatic carboxylic acids is 1. The molecule has 2 unspecified atom stereocenters. The van der Waals surface area contributed by atoms with Crippen molar-refractivity contribution in [3.05, 3.63) is 24.3 Å². The van der Waals surface area contributed by atoms with Crippen LogP contribution in [0.25, 0.3) is 0 Å². The fraction of sp³-hybridized carbons (Fsp3) is 0.462. The topological polar surface area (TPSA) is 58.6 Å². The van der Waals surface area contributed by atoms with E-state index in [0.717, 1.165) is 12.1 Å². The number of carboxylic acid groups (broad SMARTS) is 1. The van der Waals surface area contributed by atoms with Crippen LogP contribution in [0, 0.1) is 0 Å². The van der Waals surface area contributed by atoms with E-state index in [0.29, 0.717) is 13.0 Å². The maximum Gasteiger partial charge on any atom is 0.332 e. The maximum atomic E-state index is 10.8. The molecule has 1 aromatic carbocycles. The van der Waals surface area contributed by atoms with Crippen LogP contribution in [-0.2, 0) is 9.53 Å². The number of hydrogen-bond donors (Lipinski definition) is 2. The molecule has 1 aliphatic rings. The van der Waals surface area contributed by atoms with Crippen LogP contribution in [0.4, 0.5) is 5.69 Å². The molecule has 0 amide bonds. The second kappa shape index (κ2) is 6.11. The molecule has 0 radical (unpaired) electrons. The number of anilines is 1. The van der Waals surface area contributed by atoms with E-state index < -0.39 is 12.1 Å². The van der Waals surface area contributed by atoms with Crippen LogP contribution in [0.3, 0.4) is 0 Å². The van der Waals surface area contributed by atoms with Crippen molar-refractivity contribution in [2.75, 3.05) is 18.1 Å². The fourth-order valence-electron chi connectivity index (χ4n) is 2.05. The van der Waals surface area contributed by atoms with Gasteiger partial charge in [0.15, 0.2) is 6.10 Å². The van der Waals surface area contributed by atoms with Gasteiger partial charge in [0.1, 0.15) is 0 Å². The lowest BCUT2D eigenvalue weighted by atomic mass is 10.2. The molecule has 2 atom stereocenters. The van der Waals surface area contributed by atoms with Gasteiger partial charge in [-0.2, -0.15) is 0 Å². The minimum Gasteiger partial charge on any atom is -0.479 e. The molecule has 1 aromatic rings. The van der Waals surface area contributed by atoms with Crippen molar-refractivity contribution in [2.24, 2.45) is 0 Å². The number of ether oxygens (including phenoxy) is 1. The van der Waals surface area contributed by atoms with E-state index in [2.05, 4.69) is 11.4 Å². The van der Waals surface area contributed by atoms with Crippen LogP contribution in [-0.4, -0.2) is 36.1 Å². The van der Waals surface area contributed by atoms with Crippen LogP contribution >= 0.6 is 11.8 Å². The summed E-state index contributed by atoms with van der Waals surface area (Å²) in [5.41, 5.74) is 1.08. The van der Waals surface area contributed by atoms with Crippen LogP contribution in [0.5, 0.6) is 0 Å². The first-order valence-corrected chi connectivity index (χ1v) is 7.18. The molecule has 1 fully saturated rings. The Morgan fingerprint density at radius 2 is 2.28 bits per heavy atom. The minimum absolute atomic E-state index is 0.0130. The average molecular weight is 267 g/mol. The molecule has 0 bridgehead atoms. The van der Waals surface area contributed by atoms with Crippen molar-refractivity contribution in [1.29, 1.82) is 0 Å². The highest BCUT2D eigenvalue weighted by atomic mass is 32.2. The highest BCUT2D eigenvalue weighted by Gasteiger charge is 2.30. The van der Waals surface area contributed by atoms with Gasteiger partial charge in [0, 0.05) is 17.1 Å². The van der Waals surface area contributed by atoms with Crippen LogP contribution in [0.15, 0.2) is 29.2 Å². The summed E-state index contributed by atoms with van der Waals surface area (Å²) in [5.74, 6) is -0.859. The van der Waals surface area contributed by atoms with Gasteiger partial charge in [0.25, 0.3) is 0 Å². The Morgan fingerprint density at radius 1 is 1.50 bits per heavy atom. The Balaban J connectivity index is 1.87.